The van der Waals surface area contributed by atoms with Crippen molar-refractivity contribution in [2.75, 3.05) is 12.4 Å². The maximum Gasteiger partial charge on any atom is 0.337 e. The number of anilines is 1. The number of carboxylic acid groups (broad SMARTS) is 1. The molecule has 110 valence electrons. The average molecular weight is 343 g/mol. The van der Waals surface area contributed by atoms with Gasteiger partial charge in [-0.1, -0.05) is 29.8 Å². The molecule has 1 aromatic rings. The van der Waals surface area contributed by atoms with E-state index in [4.69, 9.17) is 5.11 Å². The highest BCUT2D eigenvalue weighted by molar-refractivity contribution is 9.10. The number of halogens is 1. The van der Waals surface area contributed by atoms with Crippen molar-refractivity contribution in [3.63, 3.8) is 0 Å². The first-order valence-corrected chi connectivity index (χ1v) is 7.26. The quantitative estimate of drug-likeness (QED) is 0.854. The summed E-state index contributed by atoms with van der Waals surface area (Å²) in [4.78, 5) is 24.9. The number of hydrogen-bond donors (Lipinski definition) is 2. The fourth-order valence-corrected chi connectivity index (χ4v) is 2.37. The third-order valence-electron chi connectivity index (χ3n) is 3.26. The molecule has 0 aliphatic heterocycles. The highest BCUT2D eigenvalue weighted by Gasteiger charge is 2.19. The second kappa shape index (κ2) is 7.28. The highest BCUT2D eigenvalue weighted by Crippen LogP contribution is 2.22. The van der Waals surface area contributed by atoms with E-state index in [1.807, 2.05) is 13.8 Å². The Hall–Kier alpha value is -1.56. The number of hydrogen-bond acceptors (Lipinski definition) is 2. The van der Waals surface area contributed by atoms with Crippen LogP contribution in [0.5, 0.6) is 0 Å². The van der Waals surface area contributed by atoms with E-state index in [1.165, 1.54) is 6.07 Å². The molecule has 0 spiro atoms. The second-order valence-electron chi connectivity index (χ2n) is 4.51. The van der Waals surface area contributed by atoms with E-state index in [0.717, 1.165) is 12.8 Å². The number of carbonyl (C=O) groups is 2. The second-order valence-corrected chi connectivity index (χ2v) is 5.42. The van der Waals surface area contributed by atoms with Crippen LogP contribution in [0.2, 0.25) is 0 Å². The van der Waals surface area contributed by atoms with E-state index in [1.54, 1.807) is 24.1 Å². The van der Waals surface area contributed by atoms with Gasteiger partial charge in [0.2, 0.25) is 0 Å². The van der Waals surface area contributed by atoms with Crippen LogP contribution < -0.4 is 5.32 Å². The molecule has 5 nitrogen and oxygen atoms in total. The number of urea groups is 1. The Morgan fingerprint density at radius 3 is 2.45 bits per heavy atom. The zero-order valence-corrected chi connectivity index (χ0v) is 13.4. The maximum atomic E-state index is 12.1. The van der Waals surface area contributed by atoms with Crippen molar-refractivity contribution < 1.29 is 14.7 Å². The summed E-state index contributed by atoms with van der Waals surface area (Å²) in [7, 11) is 1.71. The van der Waals surface area contributed by atoms with Gasteiger partial charge in [0.25, 0.3) is 0 Å². The number of nitrogens with zero attached hydrogens (tertiary/aromatic N) is 1. The van der Waals surface area contributed by atoms with Gasteiger partial charge in [-0.25, -0.2) is 9.59 Å². The third-order valence-corrected chi connectivity index (χ3v) is 3.76. The molecule has 0 aliphatic carbocycles. The molecule has 0 aliphatic rings. The van der Waals surface area contributed by atoms with Crippen molar-refractivity contribution in [1.29, 1.82) is 0 Å². The monoisotopic (exact) mass is 342 g/mol. The largest absolute Gasteiger partial charge is 0.478 e. The van der Waals surface area contributed by atoms with Crippen LogP contribution in [0.3, 0.4) is 0 Å². The zero-order chi connectivity index (χ0) is 15.3. The van der Waals surface area contributed by atoms with Gasteiger partial charge in [0.05, 0.1) is 11.3 Å². The van der Waals surface area contributed by atoms with Crippen molar-refractivity contribution >= 4 is 33.6 Å². The van der Waals surface area contributed by atoms with Gasteiger partial charge in [-0.3, -0.25) is 0 Å². The van der Waals surface area contributed by atoms with Crippen LogP contribution in [-0.4, -0.2) is 35.1 Å². The highest BCUT2D eigenvalue weighted by atomic mass is 79.9. The number of nitrogens with one attached hydrogen (secondary N) is 1. The first-order valence-electron chi connectivity index (χ1n) is 6.47. The lowest BCUT2D eigenvalue weighted by Gasteiger charge is -2.26. The first kappa shape index (κ1) is 16.5. The molecule has 0 heterocycles. The first-order chi connectivity index (χ1) is 9.40. The minimum atomic E-state index is -1.08. The summed E-state index contributed by atoms with van der Waals surface area (Å²) in [5, 5.41) is 11.8. The Morgan fingerprint density at radius 1 is 1.35 bits per heavy atom. The van der Waals surface area contributed by atoms with Crippen molar-refractivity contribution in [2.24, 2.45) is 0 Å². The number of benzene rings is 1. The molecule has 0 bridgehead atoms. The number of rotatable bonds is 5. The van der Waals surface area contributed by atoms with Crippen LogP contribution in [-0.2, 0) is 0 Å². The molecule has 2 N–H and O–H groups in total. The molecule has 0 fully saturated rings. The van der Waals surface area contributed by atoms with Gasteiger partial charge in [-0.15, -0.1) is 0 Å². The molecule has 20 heavy (non-hydrogen) atoms. The lowest BCUT2D eigenvalue weighted by Crippen LogP contribution is -2.39. The summed E-state index contributed by atoms with van der Waals surface area (Å²) in [5.41, 5.74) is 0.356. The minimum Gasteiger partial charge on any atom is -0.478 e. The predicted molar refractivity (Wildman–Crippen MR) is 82.3 cm³/mol. The fraction of sp³-hybridized carbons (Fsp3) is 0.429. The van der Waals surface area contributed by atoms with Gasteiger partial charge < -0.3 is 15.3 Å². The molecule has 0 aromatic heterocycles. The Morgan fingerprint density at radius 2 is 1.95 bits per heavy atom. The van der Waals surface area contributed by atoms with Crippen molar-refractivity contribution in [3.8, 4) is 0 Å². The molecule has 0 radical (unpaired) electrons. The Labute approximate surface area is 127 Å². The molecule has 2 amide bonds. The zero-order valence-electron chi connectivity index (χ0n) is 11.8. The third kappa shape index (κ3) is 3.96. The number of carboxylic acids is 1. The molecule has 1 aromatic carbocycles. The lowest BCUT2D eigenvalue weighted by atomic mass is 10.1. The summed E-state index contributed by atoms with van der Waals surface area (Å²) in [6.07, 6.45) is 1.71. The molecular weight excluding hydrogens is 324 g/mol. The van der Waals surface area contributed by atoms with Gasteiger partial charge in [0.1, 0.15) is 0 Å². The molecular formula is C14H19BrN2O3. The molecule has 0 saturated heterocycles. The normalized spacial score (nSPS) is 10.4. The van der Waals surface area contributed by atoms with Gasteiger partial charge >= 0.3 is 12.0 Å². The molecule has 6 heteroatoms. The van der Waals surface area contributed by atoms with E-state index >= 15 is 0 Å². The van der Waals surface area contributed by atoms with E-state index in [2.05, 4.69) is 21.2 Å². The van der Waals surface area contributed by atoms with Crippen LogP contribution in [0.4, 0.5) is 10.5 Å². The molecule has 1 rings (SSSR count). The van der Waals surface area contributed by atoms with Crippen LogP contribution in [0.1, 0.15) is 37.0 Å². The smallest absolute Gasteiger partial charge is 0.337 e. The predicted octanol–water partition coefficient (Wildman–Crippen LogP) is 3.80. The average Bonchev–Trinajstić information content (AvgIpc) is 2.41. The van der Waals surface area contributed by atoms with Crippen molar-refractivity contribution in [2.45, 2.75) is 32.7 Å². The molecule has 0 atom stereocenters. The standard InChI is InChI=1S/C14H19BrN2O3/c1-4-10(5-2)17(3)14(20)16-12-7-6-9(15)8-11(12)13(18)19/h6-8,10H,4-5H2,1-3H3,(H,16,20)(H,18,19). The minimum absolute atomic E-state index is 0.0608. The lowest BCUT2D eigenvalue weighted by molar-refractivity contribution is 0.0698. The maximum absolute atomic E-state index is 12.1. The van der Waals surface area contributed by atoms with Gasteiger partial charge in [-0.05, 0) is 31.0 Å². The van der Waals surface area contributed by atoms with E-state index < -0.39 is 5.97 Å². The van der Waals surface area contributed by atoms with Crippen LogP contribution in [0.15, 0.2) is 22.7 Å². The van der Waals surface area contributed by atoms with Crippen LogP contribution >= 0.6 is 15.9 Å². The van der Waals surface area contributed by atoms with Gasteiger partial charge in [0.15, 0.2) is 0 Å². The van der Waals surface area contributed by atoms with Gasteiger partial charge in [0, 0.05) is 17.6 Å². The Bertz CT molecular complexity index is 501. The van der Waals surface area contributed by atoms with E-state index in [9.17, 15) is 9.59 Å². The van der Waals surface area contributed by atoms with E-state index in [-0.39, 0.29) is 17.6 Å². The fourth-order valence-electron chi connectivity index (χ4n) is 2.01. The van der Waals surface area contributed by atoms with Crippen LogP contribution in [0, 0.1) is 0 Å². The summed E-state index contributed by atoms with van der Waals surface area (Å²) in [5.74, 6) is -1.08. The Kier molecular flexibility index (Phi) is 6.01. The summed E-state index contributed by atoms with van der Waals surface area (Å²) in [6.45, 7) is 4.03. The van der Waals surface area contributed by atoms with Gasteiger partial charge in [-0.2, -0.15) is 0 Å². The number of aromatic carboxylic acids is 1. The number of amides is 2. The number of carbonyl (C=O) groups excluding carboxylic acids is 1. The Balaban J connectivity index is 2.93. The van der Waals surface area contributed by atoms with E-state index in [0.29, 0.717) is 10.2 Å². The SMILES string of the molecule is CCC(CC)N(C)C(=O)Nc1ccc(Br)cc1C(=O)O. The van der Waals surface area contributed by atoms with Crippen LogP contribution in [0.25, 0.3) is 0 Å². The summed E-state index contributed by atoms with van der Waals surface area (Å²) < 4.78 is 0.654. The summed E-state index contributed by atoms with van der Waals surface area (Å²) in [6, 6.07) is 4.57. The van der Waals surface area contributed by atoms with Crippen molar-refractivity contribution in [3.05, 3.63) is 28.2 Å². The molecule has 0 unspecified atom stereocenters. The molecule has 0 saturated carbocycles. The van der Waals surface area contributed by atoms with Crippen molar-refractivity contribution in [1.82, 2.24) is 4.90 Å². The topological polar surface area (TPSA) is 69.6 Å². The summed E-state index contributed by atoms with van der Waals surface area (Å²) >= 11 is 3.22.